The summed E-state index contributed by atoms with van der Waals surface area (Å²) in [7, 11) is 0. The number of phenolic OH excluding ortho intramolecular Hbond substituents is 1. The SMILES string of the molecule is O=C(c1cc(O)ccc1Cl)N1CCC(CCCl)C1. The topological polar surface area (TPSA) is 40.5 Å². The first-order chi connectivity index (χ1) is 8.61. The third-order valence-corrected chi connectivity index (χ3v) is 3.82. The molecule has 0 bridgehead atoms. The lowest BCUT2D eigenvalue weighted by Crippen LogP contribution is -2.29. The van der Waals surface area contributed by atoms with Crippen molar-refractivity contribution >= 4 is 29.1 Å². The highest BCUT2D eigenvalue weighted by Crippen LogP contribution is 2.26. The van der Waals surface area contributed by atoms with Crippen LogP contribution in [0, 0.1) is 5.92 Å². The number of nitrogens with zero attached hydrogens (tertiary/aromatic N) is 1. The Bertz CT molecular complexity index is 451. The van der Waals surface area contributed by atoms with Crippen molar-refractivity contribution in [3.63, 3.8) is 0 Å². The van der Waals surface area contributed by atoms with Crippen molar-refractivity contribution in [2.75, 3.05) is 19.0 Å². The average molecular weight is 288 g/mol. The summed E-state index contributed by atoms with van der Waals surface area (Å²) in [6.45, 7) is 1.45. The molecule has 18 heavy (non-hydrogen) atoms. The zero-order valence-corrected chi connectivity index (χ0v) is 11.4. The Morgan fingerprint density at radius 2 is 2.28 bits per heavy atom. The summed E-state index contributed by atoms with van der Waals surface area (Å²) in [6, 6.07) is 4.43. The summed E-state index contributed by atoms with van der Waals surface area (Å²) >= 11 is 11.7. The molecule has 3 nitrogen and oxygen atoms in total. The Kier molecular flexibility index (Phi) is 4.36. The van der Waals surface area contributed by atoms with E-state index in [0.29, 0.717) is 22.4 Å². The highest BCUT2D eigenvalue weighted by molar-refractivity contribution is 6.33. The number of phenols is 1. The van der Waals surface area contributed by atoms with Gasteiger partial charge in [-0.15, -0.1) is 11.6 Å². The molecule has 0 aliphatic carbocycles. The number of carbonyl (C=O) groups excluding carboxylic acids is 1. The van der Waals surface area contributed by atoms with Crippen LogP contribution in [-0.2, 0) is 0 Å². The van der Waals surface area contributed by atoms with Crippen LogP contribution >= 0.6 is 23.2 Å². The van der Waals surface area contributed by atoms with Gasteiger partial charge in [0.2, 0.25) is 0 Å². The molecule has 1 amide bonds. The molecule has 1 saturated heterocycles. The minimum atomic E-state index is -0.118. The smallest absolute Gasteiger partial charge is 0.255 e. The molecular formula is C13H15Cl2NO2. The van der Waals surface area contributed by atoms with Crippen LogP contribution in [0.5, 0.6) is 5.75 Å². The van der Waals surface area contributed by atoms with Gasteiger partial charge < -0.3 is 10.0 Å². The number of alkyl halides is 1. The number of hydrogen-bond acceptors (Lipinski definition) is 2. The number of likely N-dealkylation sites (tertiary alicyclic amines) is 1. The number of hydrogen-bond donors (Lipinski definition) is 1. The van der Waals surface area contributed by atoms with Gasteiger partial charge in [0.15, 0.2) is 0 Å². The molecule has 1 aromatic rings. The zero-order valence-electron chi connectivity index (χ0n) is 9.90. The van der Waals surface area contributed by atoms with E-state index in [9.17, 15) is 9.90 Å². The van der Waals surface area contributed by atoms with Crippen LogP contribution in [0.1, 0.15) is 23.2 Å². The first-order valence-corrected chi connectivity index (χ1v) is 6.87. The van der Waals surface area contributed by atoms with Crippen molar-refractivity contribution in [1.29, 1.82) is 0 Å². The second kappa shape index (κ2) is 5.81. The lowest BCUT2D eigenvalue weighted by Gasteiger charge is -2.17. The number of carbonyl (C=O) groups is 1. The van der Waals surface area contributed by atoms with Crippen molar-refractivity contribution in [3.05, 3.63) is 28.8 Å². The Labute approximate surface area is 116 Å². The first kappa shape index (κ1) is 13.5. The fourth-order valence-electron chi connectivity index (χ4n) is 2.25. The maximum Gasteiger partial charge on any atom is 0.255 e. The molecule has 0 aromatic heterocycles. The molecule has 5 heteroatoms. The number of amides is 1. The van der Waals surface area contributed by atoms with E-state index in [1.807, 2.05) is 0 Å². The normalized spacial score (nSPS) is 19.2. The summed E-state index contributed by atoms with van der Waals surface area (Å²) in [6.07, 6.45) is 1.91. The molecule has 1 N–H and O–H groups in total. The van der Waals surface area contributed by atoms with E-state index in [1.54, 1.807) is 4.90 Å². The van der Waals surface area contributed by atoms with Crippen LogP contribution in [0.25, 0.3) is 0 Å². The second-order valence-electron chi connectivity index (χ2n) is 4.55. The lowest BCUT2D eigenvalue weighted by molar-refractivity contribution is 0.0786. The van der Waals surface area contributed by atoms with Gasteiger partial charge in [0.05, 0.1) is 10.6 Å². The predicted molar refractivity (Wildman–Crippen MR) is 72.5 cm³/mol. The molecule has 2 rings (SSSR count). The summed E-state index contributed by atoms with van der Waals surface area (Å²) in [5.41, 5.74) is 0.364. The van der Waals surface area contributed by atoms with Gasteiger partial charge in [-0.25, -0.2) is 0 Å². The minimum absolute atomic E-state index is 0.0549. The van der Waals surface area contributed by atoms with Crippen LogP contribution in [0.4, 0.5) is 0 Å². The summed E-state index contributed by atoms with van der Waals surface area (Å²) in [4.78, 5) is 14.0. The number of halogens is 2. The molecule has 1 aliphatic rings. The van der Waals surface area contributed by atoms with Gasteiger partial charge >= 0.3 is 0 Å². The van der Waals surface area contributed by atoms with E-state index in [4.69, 9.17) is 23.2 Å². The van der Waals surface area contributed by atoms with Crippen LogP contribution in [0.2, 0.25) is 5.02 Å². The summed E-state index contributed by atoms with van der Waals surface area (Å²) in [5.74, 6) is 1.04. The number of benzene rings is 1. The van der Waals surface area contributed by atoms with Gasteiger partial charge in [0.1, 0.15) is 5.75 Å². The molecular weight excluding hydrogens is 273 g/mol. The fraction of sp³-hybridized carbons (Fsp3) is 0.462. The van der Waals surface area contributed by atoms with Gasteiger partial charge in [0.25, 0.3) is 5.91 Å². The Balaban J connectivity index is 2.10. The van der Waals surface area contributed by atoms with Crippen LogP contribution in [0.3, 0.4) is 0 Å². The van der Waals surface area contributed by atoms with E-state index in [-0.39, 0.29) is 11.7 Å². The van der Waals surface area contributed by atoms with Gasteiger partial charge in [0, 0.05) is 19.0 Å². The maximum atomic E-state index is 12.3. The maximum absolute atomic E-state index is 12.3. The Hall–Kier alpha value is -0.930. The van der Waals surface area contributed by atoms with Crippen LogP contribution in [0.15, 0.2) is 18.2 Å². The molecule has 1 aliphatic heterocycles. The standard InChI is InChI=1S/C13H15Cl2NO2/c14-5-3-9-4-6-16(8-9)13(18)11-7-10(17)1-2-12(11)15/h1-2,7,9,17H,3-6,8H2. The van der Waals surface area contributed by atoms with Crippen LogP contribution < -0.4 is 0 Å². The Morgan fingerprint density at radius 1 is 1.50 bits per heavy atom. The van der Waals surface area contributed by atoms with Crippen LogP contribution in [-0.4, -0.2) is 34.9 Å². The van der Waals surface area contributed by atoms with Gasteiger partial charge in [-0.05, 0) is 37.0 Å². The first-order valence-electron chi connectivity index (χ1n) is 5.95. The van der Waals surface area contributed by atoms with E-state index in [0.717, 1.165) is 25.9 Å². The monoisotopic (exact) mass is 287 g/mol. The van der Waals surface area contributed by atoms with Crippen molar-refractivity contribution in [1.82, 2.24) is 4.90 Å². The van der Waals surface area contributed by atoms with Gasteiger partial charge in [-0.2, -0.15) is 0 Å². The molecule has 0 radical (unpaired) electrons. The molecule has 98 valence electrons. The molecule has 1 heterocycles. The lowest BCUT2D eigenvalue weighted by atomic mass is 10.1. The quantitative estimate of drug-likeness (QED) is 0.868. The van der Waals surface area contributed by atoms with Crippen molar-refractivity contribution < 1.29 is 9.90 Å². The average Bonchev–Trinajstić information content (AvgIpc) is 2.80. The van der Waals surface area contributed by atoms with Gasteiger partial charge in [-0.3, -0.25) is 4.79 Å². The van der Waals surface area contributed by atoms with E-state index >= 15 is 0 Å². The van der Waals surface area contributed by atoms with Crippen molar-refractivity contribution in [2.45, 2.75) is 12.8 Å². The van der Waals surface area contributed by atoms with Crippen molar-refractivity contribution in [3.8, 4) is 5.75 Å². The molecule has 0 saturated carbocycles. The predicted octanol–water partition coefficient (Wildman–Crippen LogP) is 3.14. The number of aromatic hydroxyl groups is 1. The van der Waals surface area contributed by atoms with E-state index in [1.165, 1.54) is 18.2 Å². The summed E-state index contributed by atoms with van der Waals surface area (Å²) in [5, 5.41) is 9.79. The molecule has 1 unspecified atom stereocenters. The zero-order chi connectivity index (χ0) is 13.1. The Morgan fingerprint density at radius 3 is 3.00 bits per heavy atom. The third kappa shape index (κ3) is 2.90. The highest BCUT2D eigenvalue weighted by Gasteiger charge is 2.27. The molecule has 1 atom stereocenters. The highest BCUT2D eigenvalue weighted by atomic mass is 35.5. The largest absolute Gasteiger partial charge is 0.508 e. The number of rotatable bonds is 3. The minimum Gasteiger partial charge on any atom is -0.508 e. The third-order valence-electron chi connectivity index (χ3n) is 3.27. The summed E-state index contributed by atoms with van der Waals surface area (Å²) < 4.78 is 0. The van der Waals surface area contributed by atoms with E-state index in [2.05, 4.69) is 0 Å². The second-order valence-corrected chi connectivity index (χ2v) is 5.33. The van der Waals surface area contributed by atoms with Gasteiger partial charge in [-0.1, -0.05) is 11.6 Å². The van der Waals surface area contributed by atoms with Crippen molar-refractivity contribution in [2.24, 2.45) is 5.92 Å². The van der Waals surface area contributed by atoms with E-state index < -0.39 is 0 Å². The molecule has 0 spiro atoms. The molecule has 1 aromatic carbocycles. The fourth-order valence-corrected chi connectivity index (χ4v) is 2.76. The molecule has 1 fully saturated rings.